The lowest BCUT2D eigenvalue weighted by molar-refractivity contribution is 0.0697. The maximum absolute atomic E-state index is 10.8. The molecule has 0 aliphatic rings. The second-order valence-electron chi connectivity index (χ2n) is 5.59. The Balaban J connectivity index is 0.00000261. The summed E-state index contributed by atoms with van der Waals surface area (Å²) >= 11 is 1.62. The van der Waals surface area contributed by atoms with Gasteiger partial charge in [0.05, 0.1) is 11.3 Å². The normalized spacial score (nSPS) is 10.4. The van der Waals surface area contributed by atoms with Gasteiger partial charge in [0.25, 0.3) is 0 Å². The molecule has 9 heteroatoms. The first-order valence-electron chi connectivity index (χ1n) is 8.23. The molecule has 0 atom stereocenters. The topological polar surface area (TPSA) is 92.9 Å². The number of thioether (sulfide) groups is 1. The highest BCUT2D eigenvalue weighted by molar-refractivity contribution is 7.99. The first kappa shape index (κ1) is 20.9. The Hall–Kier alpha value is -2.42. The Kier molecular flexibility index (Phi) is 8.25. The van der Waals surface area contributed by atoms with Crippen LogP contribution in [0.4, 0.5) is 0 Å². The minimum absolute atomic E-state index is 0. The number of carbonyl (C=O) groups is 1. The van der Waals surface area contributed by atoms with Gasteiger partial charge < -0.3 is 10.4 Å². The molecule has 7 nitrogen and oxygen atoms in total. The van der Waals surface area contributed by atoms with Crippen LogP contribution in [-0.2, 0) is 6.54 Å². The van der Waals surface area contributed by atoms with Crippen LogP contribution in [0.5, 0.6) is 0 Å². The zero-order valence-electron chi connectivity index (χ0n) is 14.5. The molecular weight excluding hydrogens is 386 g/mol. The van der Waals surface area contributed by atoms with Crippen molar-refractivity contribution in [3.05, 3.63) is 65.7 Å². The van der Waals surface area contributed by atoms with Gasteiger partial charge in [0.1, 0.15) is 0 Å². The summed E-state index contributed by atoms with van der Waals surface area (Å²) in [6.45, 7) is 1.58. The molecule has 0 aliphatic carbocycles. The van der Waals surface area contributed by atoms with Gasteiger partial charge in [0.2, 0.25) is 5.16 Å². The number of nitrogens with zero attached hydrogens (tertiary/aromatic N) is 4. The molecule has 0 bridgehead atoms. The van der Waals surface area contributed by atoms with E-state index in [1.165, 1.54) is 0 Å². The molecule has 0 saturated heterocycles. The molecule has 0 aliphatic heterocycles. The van der Waals surface area contributed by atoms with Gasteiger partial charge in [-0.3, -0.25) is 0 Å². The van der Waals surface area contributed by atoms with Crippen molar-refractivity contribution < 1.29 is 9.90 Å². The van der Waals surface area contributed by atoms with E-state index in [9.17, 15) is 4.79 Å². The number of carboxylic acid groups (broad SMARTS) is 1. The number of aromatic carboxylic acids is 1. The fourth-order valence-corrected chi connectivity index (χ4v) is 3.19. The van der Waals surface area contributed by atoms with E-state index in [-0.39, 0.29) is 12.4 Å². The number of rotatable bonds is 9. The molecule has 2 N–H and O–H groups in total. The predicted octanol–water partition coefficient (Wildman–Crippen LogP) is 3.05. The summed E-state index contributed by atoms with van der Waals surface area (Å²) in [7, 11) is 0. The van der Waals surface area contributed by atoms with Gasteiger partial charge in [-0.05, 0) is 53.2 Å². The maximum Gasteiger partial charge on any atom is 0.335 e. The average Bonchev–Trinajstić information content (AvgIpc) is 3.14. The first-order valence-corrected chi connectivity index (χ1v) is 9.22. The van der Waals surface area contributed by atoms with Crippen LogP contribution in [0.3, 0.4) is 0 Å². The Labute approximate surface area is 167 Å². The summed E-state index contributed by atoms with van der Waals surface area (Å²) in [6.07, 6.45) is 0.972. The van der Waals surface area contributed by atoms with Gasteiger partial charge in [-0.15, -0.1) is 17.5 Å². The number of benzene rings is 2. The first-order chi connectivity index (χ1) is 12.7. The van der Waals surface area contributed by atoms with Crippen LogP contribution in [-0.4, -0.2) is 43.6 Å². The van der Waals surface area contributed by atoms with Crippen LogP contribution >= 0.6 is 24.2 Å². The van der Waals surface area contributed by atoms with E-state index in [1.54, 1.807) is 28.6 Å². The quantitative estimate of drug-likeness (QED) is 0.417. The summed E-state index contributed by atoms with van der Waals surface area (Å²) in [6, 6.07) is 16.7. The lowest BCUT2D eigenvalue weighted by Crippen LogP contribution is -2.15. The zero-order valence-corrected chi connectivity index (χ0v) is 16.1. The lowest BCUT2D eigenvalue weighted by atomic mass is 10.1. The summed E-state index contributed by atoms with van der Waals surface area (Å²) in [5, 5.41) is 24.9. The molecule has 0 unspecified atom stereocenters. The van der Waals surface area contributed by atoms with E-state index in [0.29, 0.717) is 12.1 Å². The summed E-state index contributed by atoms with van der Waals surface area (Å²) < 4.78 is 1.74. The highest BCUT2D eigenvalue weighted by atomic mass is 35.5. The molecule has 0 radical (unpaired) electrons. The van der Waals surface area contributed by atoms with E-state index in [1.807, 2.05) is 42.5 Å². The molecule has 1 heterocycles. The monoisotopic (exact) mass is 405 g/mol. The van der Waals surface area contributed by atoms with Crippen LogP contribution in [0.25, 0.3) is 5.69 Å². The van der Waals surface area contributed by atoms with Crippen LogP contribution < -0.4 is 5.32 Å². The molecule has 27 heavy (non-hydrogen) atoms. The summed E-state index contributed by atoms with van der Waals surface area (Å²) in [5.41, 5.74) is 2.32. The van der Waals surface area contributed by atoms with Crippen molar-refractivity contribution in [3.8, 4) is 5.69 Å². The Morgan fingerprint density at radius 3 is 2.56 bits per heavy atom. The molecule has 0 amide bonds. The minimum Gasteiger partial charge on any atom is -0.478 e. The SMILES string of the molecule is Cl.O=C(O)c1ccc(CNCCCSc2nnnn2-c2ccccc2)cc1. The molecule has 3 rings (SSSR count). The third kappa shape index (κ3) is 6.06. The summed E-state index contributed by atoms with van der Waals surface area (Å²) in [5.74, 6) is -0.00240. The van der Waals surface area contributed by atoms with Crippen molar-refractivity contribution in [2.24, 2.45) is 0 Å². The van der Waals surface area contributed by atoms with Crippen molar-refractivity contribution in [1.82, 2.24) is 25.5 Å². The largest absolute Gasteiger partial charge is 0.478 e. The van der Waals surface area contributed by atoms with Crippen molar-refractivity contribution in [2.45, 2.75) is 18.1 Å². The average molecular weight is 406 g/mol. The van der Waals surface area contributed by atoms with Gasteiger partial charge in [-0.1, -0.05) is 42.1 Å². The van der Waals surface area contributed by atoms with E-state index < -0.39 is 5.97 Å². The van der Waals surface area contributed by atoms with Crippen molar-refractivity contribution in [1.29, 1.82) is 0 Å². The molecule has 0 spiro atoms. The number of hydrogen-bond acceptors (Lipinski definition) is 6. The molecule has 1 aromatic heterocycles. The maximum atomic E-state index is 10.8. The second-order valence-corrected chi connectivity index (χ2v) is 6.65. The molecule has 2 aromatic carbocycles. The van der Waals surface area contributed by atoms with Gasteiger partial charge in [0, 0.05) is 12.3 Å². The number of aromatic nitrogens is 4. The zero-order chi connectivity index (χ0) is 18.2. The van der Waals surface area contributed by atoms with Crippen molar-refractivity contribution >= 4 is 30.1 Å². The van der Waals surface area contributed by atoms with Crippen molar-refractivity contribution in [3.63, 3.8) is 0 Å². The predicted molar refractivity (Wildman–Crippen MR) is 107 cm³/mol. The van der Waals surface area contributed by atoms with E-state index in [4.69, 9.17) is 5.11 Å². The summed E-state index contributed by atoms with van der Waals surface area (Å²) in [4.78, 5) is 10.8. The fourth-order valence-electron chi connectivity index (χ4n) is 2.36. The molecule has 0 saturated carbocycles. The number of nitrogens with one attached hydrogen (secondary N) is 1. The Bertz CT molecular complexity index is 842. The van der Waals surface area contributed by atoms with Gasteiger partial charge in [-0.2, -0.15) is 4.68 Å². The molecule has 0 fully saturated rings. The highest BCUT2D eigenvalue weighted by Crippen LogP contribution is 2.18. The molecule has 142 valence electrons. The molecule has 3 aromatic rings. The van der Waals surface area contributed by atoms with Crippen LogP contribution in [0.15, 0.2) is 59.8 Å². The van der Waals surface area contributed by atoms with Crippen LogP contribution in [0.2, 0.25) is 0 Å². The number of halogens is 1. The number of tetrazole rings is 1. The van der Waals surface area contributed by atoms with Crippen LogP contribution in [0.1, 0.15) is 22.3 Å². The number of hydrogen-bond donors (Lipinski definition) is 2. The standard InChI is InChI=1S/C18H19N5O2S.ClH/c24-17(25)15-9-7-14(8-10-15)13-19-11-4-12-26-18-20-21-22-23(18)16-5-2-1-3-6-16;/h1-3,5-10,19H,4,11-13H2,(H,24,25);1H. The third-order valence-corrected chi connectivity index (χ3v) is 4.71. The smallest absolute Gasteiger partial charge is 0.335 e. The van der Waals surface area contributed by atoms with E-state index >= 15 is 0 Å². The fraction of sp³-hybridized carbons (Fsp3) is 0.222. The minimum atomic E-state index is -0.903. The lowest BCUT2D eigenvalue weighted by Gasteiger charge is -2.06. The van der Waals surface area contributed by atoms with E-state index in [2.05, 4.69) is 20.8 Å². The van der Waals surface area contributed by atoms with Gasteiger partial charge in [0.15, 0.2) is 0 Å². The number of para-hydroxylation sites is 1. The van der Waals surface area contributed by atoms with Gasteiger partial charge in [-0.25, -0.2) is 4.79 Å². The van der Waals surface area contributed by atoms with Crippen molar-refractivity contribution in [2.75, 3.05) is 12.3 Å². The highest BCUT2D eigenvalue weighted by Gasteiger charge is 2.08. The van der Waals surface area contributed by atoms with Gasteiger partial charge >= 0.3 is 5.97 Å². The molecular formula is C18H20ClN5O2S. The Morgan fingerprint density at radius 1 is 1.11 bits per heavy atom. The number of carboxylic acids is 1. The van der Waals surface area contributed by atoms with Crippen LogP contribution in [0, 0.1) is 0 Å². The third-order valence-electron chi connectivity index (χ3n) is 3.70. The Morgan fingerprint density at radius 2 is 1.85 bits per heavy atom. The van der Waals surface area contributed by atoms with E-state index in [0.717, 1.165) is 35.1 Å². The second kappa shape index (κ2) is 10.7.